The van der Waals surface area contributed by atoms with Crippen molar-refractivity contribution in [3.8, 4) is 0 Å². The van der Waals surface area contributed by atoms with Crippen molar-refractivity contribution >= 4 is 18.5 Å². The monoisotopic (exact) mass is 283 g/mol. The van der Waals surface area contributed by atoms with Crippen LogP contribution in [-0.2, 0) is 0 Å². The van der Waals surface area contributed by atoms with Gasteiger partial charge in [0.2, 0.25) is 0 Å². The summed E-state index contributed by atoms with van der Waals surface area (Å²) in [6.07, 6.45) is 0. The number of carbonyl (C=O) groups is 1. The quantitative estimate of drug-likeness (QED) is 0.813. The lowest BCUT2D eigenvalue weighted by Crippen LogP contribution is -2.37. The Hall–Kier alpha value is -1.03. The molecule has 19 heavy (non-hydrogen) atoms. The molecule has 0 atom stereocenters. The highest BCUT2D eigenvalue weighted by molar-refractivity contribution is 7.80. The van der Waals surface area contributed by atoms with E-state index in [0.29, 0.717) is 29.8 Å². The Morgan fingerprint density at radius 1 is 1.21 bits per heavy atom. The van der Waals surface area contributed by atoms with Crippen LogP contribution < -0.4 is 0 Å². The van der Waals surface area contributed by atoms with Crippen molar-refractivity contribution in [2.45, 2.75) is 32.6 Å². The van der Waals surface area contributed by atoms with Crippen LogP contribution in [0.1, 0.15) is 38.1 Å². The Morgan fingerprint density at radius 3 is 2.21 bits per heavy atom. The molecule has 0 saturated carbocycles. The Labute approximate surface area is 120 Å². The highest BCUT2D eigenvalue weighted by atomic mass is 32.1. The molecule has 0 aromatic heterocycles. The summed E-state index contributed by atoms with van der Waals surface area (Å²) in [5.74, 6) is -0.0361. The molecule has 0 unspecified atom stereocenters. The van der Waals surface area contributed by atoms with Crippen molar-refractivity contribution in [2.24, 2.45) is 11.8 Å². The summed E-state index contributed by atoms with van der Waals surface area (Å²) in [7, 11) is 0. The summed E-state index contributed by atoms with van der Waals surface area (Å²) in [4.78, 5) is 14.8. The lowest BCUT2D eigenvalue weighted by Gasteiger charge is -2.26. The maximum atomic E-state index is 13.8. The first kappa shape index (κ1) is 16.0. The summed E-state index contributed by atoms with van der Waals surface area (Å²) >= 11 is 4.17. The minimum Gasteiger partial charge on any atom is -0.338 e. The van der Waals surface area contributed by atoms with Crippen LogP contribution in [0.2, 0.25) is 0 Å². The Morgan fingerprint density at radius 2 is 1.74 bits per heavy atom. The molecule has 0 fully saturated rings. The van der Waals surface area contributed by atoms with Crippen molar-refractivity contribution in [1.29, 1.82) is 0 Å². The minimum atomic E-state index is -0.486. The Balaban J connectivity index is 3.00. The zero-order valence-corrected chi connectivity index (χ0v) is 12.9. The van der Waals surface area contributed by atoms with E-state index in [0.717, 1.165) is 0 Å². The average molecular weight is 283 g/mol. The summed E-state index contributed by atoms with van der Waals surface area (Å²) in [6, 6.07) is 4.33. The van der Waals surface area contributed by atoms with E-state index in [1.807, 2.05) is 27.7 Å². The van der Waals surface area contributed by atoms with E-state index < -0.39 is 5.82 Å². The fourth-order valence-corrected chi connectivity index (χ4v) is 2.17. The number of nitrogens with zero attached hydrogens (tertiary/aromatic N) is 1. The van der Waals surface area contributed by atoms with Gasteiger partial charge in [-0.05, 0) is 30.0 Å². The zero-order valence-electron chi connectivity index (χ0n) is 12.0. The molecule has 2 nitrogen and oxygen atoms in total. The van der Waals surface area contributed by atoms with Crippen LogP contribution in [0.3, 0.4) is 0 Å². The number of benzene rings is 1. The van der Waals surface area contributed by atoms with Crippen LogP contribution in [-0.4, -0.2) is 23.9 Å². The number of halogens is 1. The third-order valence-electron chi connectivity index (χ3n) is 2.64. The second-order valence-electron chi connectivity index (χ2n) is 5.66. The zero-order chi connectivity index (χ0) is 14.6. The highest BCUT2D eigenvalue weighted by Gasteiger charge is 2.21. The third kappa shape index (κ3) is 4.86. The van der Waals surface area contributed by atoms with Crippen LogP contribution >= 0.6 is 12.6 Å². The number of amides is 1. The first-order valence-electron chi connectivity index (χ1n) is 6.59. The molecule has 1 rings (SSSR count). The van der Waals surface area contributed by atoms with E-state index in [1.54, 1.807) is 11.0 Å². The van der Waals surface area contributed by atoms with Gasteiger partial charge in [-0.25, -0.2) is 4.39 Å². The Bertz CT molecular complexity index is 436. The van der Waals surface area contributed by atoms with E-state index in [-0.39, 0.29) is 11.5 Å². The van der Waals surface area contributed by atoms with Crippen molar-refractivity contribution < 1.29 is 9.18 Å². The molecule has 4 heteroatoms. The van der Waals surface area contributed by atoms with Crippen LogP contribution in [0.4, 0.5) is 4.39 Å². The normalized spacial score (nSPS) is 11.2. The summed E-state index contributed by atoms with van der Waals surface area (Å²) < 4.78 is 13.8. The molecule has 1 aromatic rings. The van der Waals surface area contributed by atoms with Gasteiger partial charge in [-0.15, -0.1) is 12.6 Å². The first-order chi connectivity index (χ1) is 8.81. The maximum Gasteiger partial charge on any atom is 0.256 e. The number of hydrogen-bond donors (Lipinski definition) is 1. The van der Waals surface area contributed by atoms with Gasteiger partial charge in [-0.3, -0.25) is 4.79 Å². The molecule has 0 N–H and O–H groups in total. The largest absolute Gasteiger partial charge is 0.338 e. The molecule has 0 aliphatic rings. The minimum absolute atomic E-state index is 0.105. The maximum absolute atomic E-state index is 13.8. The molecule has 0 saturated heterocycles. The van der Waals surface area contributed by atoms with Gasteiger partial charge >= 0.3 is 0 Å². The lowest BCUT2D eigenvalue weighted by molar-refractivity contribution is 0.0710. The summed E-state index contributed by atoms with van der Waals surface area (Å²) in [5, 5.41) is 0. The summed E-state index contributed by atoms with van der Waals surface area (Å²) in [5.41, 5.74) is 0.105. The fourth-order valence-electron chi connectivity index (χ4n) is 1.97. The molecule has 1 aromatic carbocycles. The standard InChI is InChI=1S/C15H22FNOS/c1-10(2)8-17(9-11(3)4)15(18)13-7-12(19)5-6-14(13)16/h5-7,10-11,19H,8-9H2,1-4H3. The predicted molar refractivity (Wildman–Crippen MR) is 79.2 cm³/mol. The van der Waals surface area contributed by atoms with E-state index in [4.69, 9.17) is 0 Å². The molecule has 0 spiro atoms. The topological polar surface area (TPSA) is 20.3 Å². The molecular weight excluding hydrogens is 261 g/mol. The van der Waals surface area contributed by atoms with Crippen molar-refractivity contribution in [3.05, 3.63) is 29.6 Å². The van der Waals surface area contributed by atoms with Crippen molar-refractivity contribution in [1.82, 2.24) is 4.90 Å². The molecule has 0 heterocycles. The van der Waals surface area contributed by atoms with Gasteiger partial charge in [0, 0.05) is 18.0 Å². The van der Waals surface area contributed by atoms with Gasteiger partial charge in [0.05, 0.1) is 5.56 Å². The van der Waals surface area contributed by atoms with E-state index in [2.05, 4.69) is 12.6 Å². The lowest BCUT2D eigenvalue weighted by atomic mass is 10.1. The molecule has 0 bridgehead atoms. The predicted octanol–water partition coefficient (Wildman–Crippen LogP) is 3.87. The molecule has 0 radical (unpaired) electrons. The molecule has 0 aliphatic heterocycles. The van der Waals surface area contributed by atoms with Crippen LogP contribution in [0.15, 0.2) is 23.1 Å². The molecular formula is C15H22FNOS. The average Bonchev–Trinajstić information content (AvgIpc) is 2.29. The van der Waals surface area contributed by atoms with Gasteiger partial charge in [-0.2, -0.15) is 0 Å². The molecule has 106 valence electrons. The van der Waals surface area contributed by atoms with E-state index in [9.17, 15) is 9.18 Å². The van der Waals surface area contributed by atoms with Crippen molar-refractivity contribution in [2.75, 3.05) is 13.1 Å². The number of carbonyl (C=O) groups excluding carboxylic acids is 1. The van der Waals surface area contributed by atoms with Gasteiger partial charge in [0.25, 0.3) is 5.91 Å². The fraction of sp³-hybridized carbons (Fsp3) is 0.533. The van der Waals surface area contributed by atoms with Gasteiger partial charge in [0.1, 0.15) is 5.82 Å². The summed E-state index contributed by atoms with van der Waals surface area (Å²) in [6.45, 7) is 9.45. The van der Waals surface area contributed by atoms with Gasteiger partial charge in [0.15, 0.2) is 0 Å². The first-order valence-corrected chi connectivity index (χ1v) is 7.03. The van der Waals surface area contributed by atoms with Gasteiger partial charge in [-0.1, -0.05) is 27.7 Å². The number of thiol groups is 1. The van der Waals surface area contributed by atoms with E-state index in [1.165, 1.54) is 12.1 Å². The Kier molecular flexibility index (Phi) is 5.85. The van der Waals surface area contributed by atoms with Crippen molar-refractivity contribution in [3.63, 3.8) is 0 Å². The SMILES string of the molecule is CC(C)CN(CC(C)C)C(=O)c1cc(S)ccc1F. The van der Waals surface area contributed by atoms with E-state index >= 15 is 0 Å². The third-order valence-corrected chi connectivity index (χ3v) is 2.92. The smallest absolute Gasteiger partial charge is 0.256 e. The molecule has 1 amide bonds. The van der Waals surface area contributed by atoms with Crippen LogP contribution in [0, 0.1) is 17.7 Å². The second-order valence-corrected chi connectivity index (χ2v) is 6.18. The van der Waals surface area contributed by atoms with Crippen LogP contribution in [0.25, 0.3) is 0 Å². The second kappa shape index (κ2) is 6.94. The highest BCUT2D eigenvalue weighted by Crippen LogP contribution is 2.17. The van der Waals surface area contributed by atoms with Crippen LogP contribution in [0.5, 0.6) is 0 Å². The number of hydrogen-bond acceptors (Lipinski definition) is 2. The molecule has 0 aliphatic carbocycles. The number of rotatable bonds is 5. The van der Waals surface area contributed by atoms with Gasteiger partial charge < -0.3 is 4.90 Å².